The summed E-state index contributed by atoms with van der Waals surface area (Å²) >= 11 is 1.69. The average Bonchev–Trinajstić information content (AvgIpc) is 2.96. The number of amides is 2. The Morgan fingerprint density at radius 1 is 1.38 bits per heavy atom. The number of carbonyl (C=O) groups excluding carboxylic acids is 1. The topological polar surface area (TPSA) is 35.6 Å². The maximum atomic E-state index is 12.1. The van der Waals surface area contributed by atoms with Crippen LogP contribution in [0.5, 0.6) is 0 Å². The summed E-state index contributed by atoms with van der Waals surface area (Å²) in [7, 11) is 2.14. The van der Waals surface area contributed by atoms with Gasteiger partial charge in [-0.05, 0) is 58.7 Å². The molecule has 4 nitrogen and oxygen atoms in total. The molecule has 1 heterocycles. The van der Waals surface area contributed by atoms with Crippen LogP contribution in [0.15, 0.2) is 17.5 Å². The molecule has 0 spiro atoms. The quantitative estimate of drug-likeness (QED) is 0.710. The van der Waals surface area contributed by atoms with E-state index in [0.29, 0.717) is 12.6 Å². The maximum absolute atomic E-state index is 12.1. The Hall–Kier alpha value is -1.07. The minimum absolute atomic E-state index is 0.0446. The number of thiophene rings is 1. The molecule has 0 unspecified atom stereocenters. The highest BCUT2D eigenvalue weighted by atomic mass is 32.1. The third kappa shape index (κ3) is 6.96. The molecule has 0 bridgehead atoms. The van der Waals surface area contributed by atoms with Crippen LogP contribution in [0.1, 0.15) is 38.5 Å². The van der Waals surface area contributed by atoms with Gasteiger partial charge in [-0.2, -0.15) is 0 Å². The van der Waals surface area contributed by atoms with E-state index in [0.717, 1.165) is 32.5 Å². The number of hydrogen-bond acceptors (Lipinski definition) is 3. The summed E-state index contributed by atoms with van der Waals surface area (Å²) in [5, 5.41) is 5.07. The molecular weight excluding hydrogens is 282 g/mol. The molecule has 0 aliphatic carbocycles. The number of carbonyl (C=O) groups is 1. The normalized spacial score (nSPS) is 11.1. The highest BCUT2D eigenvalue weighted by molar-refractivity contribution is 7.09. The number of nitrogens with one attached hydrogen (secondary N) is 1. The number of hydrogen-bond donors (Lipinski definition) is 1. The van der Waals surface area contributed by atoms with Gasteiger partial charge in [0.1, 0.15) is 0 Å². The monoisotopic (exact) mass is 311 g/mol. The zero-order chi connectivity index (χ0) is 15.7. The lowest BCUT2D eigenvalue weighted by atomic mass is 10.2. The molecule has 0 radical (unpaired) electrons. The molecule has 1 N–H and O–H groups in total. The molecule has 21 heavy (non-hydrogen) atoms. The summed E-state index contributed by atoms with van der Waals surface area (Å²) in [5.74, 6) is 0. The van der Waals surface area contributed by atoms with Crippen molar-refractivity contribution in [1.29, 1.82) is 0 Å². The molecule has 0 atom stereocenters. The highest BCUT2D eigenvalue weighted by Crippen LogP contribution is 2.11. The fourth-order valence-electron chi connectivity index (χ4n) is 1.97. The Morgan fingerprint density at radius 3 is 2.71 bits per heavy atom. The lowest BCUT2D eigenvalue weighted by Gasteiger charge is -2.22. The predicted molar refractivity (Wildman–Crippen MR) is 90.8 cm³/mol. The molecule has 0 aliphatic heterocycles. The third-order valence-corrected chi connectivity index (χ3v) is 4.55. The zero-order valence-corrected chi connectivity index (χ0v) is 14.6. The van der Waals surface area contributed by atoms with Crippen LogP contribution in [-0.2, 0) is 6.54 Å². The molecule has 5 heteroatoms. The van der Waals surface area contributed by atoms with Gasteiger partial charge in [0.15, 0.2) is 0 Å². The second-order valence-electron chi connectivity index (χ2n) is 5.61. The second-order valence-corrected chi connectivity index (χ2v) is 6.64. The molecular formula is C16H29N3OS. The van der Waals surface area contributed by atoms with Gasteiger partial charge in [-0.15, -0.1) is 11.3 Å². The minimum Gasteiger partial charge on any atom is -0.338 e. The second kappa shape index (κ2) is 9.79. The number of urea groups is 1. The fourth-order valence-corrected chi connectivity index (χ4v) is 2.69. The Bertz CT molecular complexity index is 392. The zero-order valence-electron chi connectivity index (χ0n) is 13.8. The molecule has 0 saturated carbocycles. The van der Waals surface area contributed by atoms with Crippen molar-refractivity contribution >= 4 is 17.4 Å². The van der Waals surface area contributed by atoms with Crippen LogP contribution in [0.2, 0.25) is 0 Å². The molecule has 0 aliphatic rings. The van der Waals surface area contributed by atoms with E-state index in [4.69, 9.17) is 0 Å². The summed E-state index contributed by atoms with van der Waals surface area (Å²) < 4.78 is 0. The van der Waals surface area contributed by atoms with Crippen molar-refractivity contribution in [2.45, 2.75) is 46.2 Å². The SMILES string of the molecule is CCN(Cc1cccs1)C(=O)NCCCCN(C)C(C)C. The van der Waals surface area contributed by atoms with Crippen molar-refractivity contribution in [3.63, 3.8) is 0 Å². The van der Waals surface area contributed by atoms with Gasteiger partial charge in [0.25, 0.3) is 0 Å². The van der Waals surface area contributed by atoms with E-state index in [1.165, 1.54) is 4.88 Å². The van der Waals surface area contributed by atoms with Gasteiger partial charge in [-0.3, -0.25) is 0 Å². The van der Waals surface area contributed by atoms with Crippen molar-refractivity contribution in [3.8, 4) is 0 Å². The Kier molecular flexibility index (Phi) is 8.38. The Labute approximate surface area is 133 Å². The lowest BCUT2D eigenvalue weighted by molar-refractivity contribution is 0.198. The summed E-state index contributed by atoms with van der Waals surface area (Å²) in [4.78, 5) is 17.5. The van der Waals surface area contributed by atoms with Gasteiger partial charge in [0, 0.05) is 24.0 Å². The van der Waals surface area contributed by atoms with Crippen LogP contribution in [0.3, 0.4) is 0 Å². The first-order valence-corrected chi connectivity index (χ1v) is 8.68. The number of unbranched alkanes of at least 4 members (excludes halogenated alkanes) is 1. The summed E-state index contributed by atoms with van der Waals surface area (Å²) in [6, 6.07) is 4.73. The van der Waals surface area contributed by atoms with Crippen LogP contribution >= 0.6 is 11.3 Å². The predicted octanol–water partition coefficient (Wildman–Crippen LogP) is 3.40. The van der Waals surface area contributed by atoms with Gasteiger partial charge in [0.05, 0.1) is 6.54 Å². The van der Waals surface area contributed by atoms with Crippen molar-refractivity contribution in [2.24, 2.45) is 0 Å². The highest BCUT2D eigenvalue weighted by Gasteiger charge is 2.11. The molecule has 2 amide bonds. The number of nitrogens with zero attached hydrogens (tertiary/aromatic N) is 2. The summed E-state index contributed by atoms with van der Waals surface area (Å²) in [6.07, 6.45) is 2.14. The van der Waals surface area contributed by atoms with Crippen LogP contribution < -0.4 is 5.32 Å². The van der Waals surface area contributed by atoms with Gasteiger partial charge < -0.3 is 15.1 Å². The third-order valence-electron chi connectivity index (χ3n) is 3.69. The summed E-state index contributed by atoms with van der Waals surface area (Å²) in [5.41, 5.74) is 0. The van der Waals surface area contributed by atoms with Crippen molar-refractivity contribution < 1.29 is 4.79 Å². The van der Waals surface area contributed by atoms with Gasteiger partial charge >= 0.3 is 6.03 Å². The molecule has 120 valence electrons. The van der Waals surface area contributed by atoms with Gasteiger partial charge in [-0.1, -0.05) is 6.07 Å². The van der Waals surface area contributed by atoms with E-state index in [-0.39, 0.29) is 6.03 Å². The van der Waals surface area contributed by atoms with E-state index in [1.54, 1.807) is 11.3 Å². The molecule has 0 aromatic carbocycles. The van der Waals surface area contributed by atoms with Crippen molar-refractivity contribution in [2.75, 3.05) is 26.7 Å². The van der Waals surface area contributed by atoms with E-state index < -0.39 is 0 Å². The Balaban J connectivity index is 2.19. The van der Waals surface area contributed by atoms with Crippen LogP contribution in [0.4, 0.5) is 4.79 Å². The van der Waals surface area contributed by atoms with E-state index in [1.807, 2.05) is 23.3 Å². The van der Waals surface area contributed by atoms with Crippen molar-refractivity contribution in [1.82, 2.24) is 15.1 Å². The van der Waals surface area contributed by atoms with Crippen LogP contribution in [-0.4, -0.2) is 48.6 Å². The van der Waals surface area contributed by atoms with Gasteiger partial charge in [-0.25, -0.2) is 4.79 Å². The smallest absolute Gasteiger partial charge is 0.317 e. The molecule has 1 aromatic rings. The fraction of sp³-hybridized carbons (Fsp3) is 0.688. The Morgan fingerprint density at radius 2 is 2.14 bits per heavy atom. The van der Waals surface area contributed by atoms with Crippen LogP contribution in [0.25, 0.3) is 0 Å². The van der Waals surface area contributed by atoms with Gasteiger partial charge in [0.2, 0.25) is 0 Å². The van der Waals surface area contributed by atoms with Crippen LogP contribution in [0, 0.1) is 0 Å². The largest absolute Gasteiger partial charge is 0.338 e. The molecule has 0 fully saturated rings. The maximum Gasteiger partial charge on any atom is 0.317 e. The molecule has 1 rings (SSSR count). The van der Waals surface area contributed by atoms with E-state index >= 15 is 0 Å². The standard InChI is InChI=1S/C16H29N3OS/c1-5-19(13-15-9-8-12-21-15)16(20)17-10-6-7-11-18(4)14(2)3/h8-9,12,14H,5-7,10-11,13H2,1-4H3,(H,17,20). The first kappa shape index (κ1) is 18.0. The first-order chi connectivity index (χ1) is 10.0. The average molecular weight is 311 g/mol. The van der Waals surface area contributed by atoms with E-state index in [2.05, 4.69) is 37.2 Å². The molecule has 0 saturated heterocycles. The first-order valence-electron chi connectivity index (χ1n) is 7.80. The minimum atomic E-state index is 0.0446. The summed E-state index contributed by atoms with van der Waals surface area (Å²) in [6.45, 7) is 9.70. The van der Waals surface area contributed by atoms with Crippen molar-refractivity contribution in [3.05, 3.63) is 22.4 Å². The van der Waals surface area contributed by atoms with E-state index in [9.17, 15) is 4.79 Å². The lowest BCUT2D eigenvalue weighted by Crippen LogP contribution is -2.39. The molecule has 1 aromatic heterocycles. The number of rotatable bonds is 9.